The molecule has 52 heavy (non-hydrogen) atoms. The minimum absolute atomic E-state index is 0.0408. The van der Waals surface area contributed by atoms with Crippen molar-refractivity contribution in [2.45, 2.75) is 149 Å². The zero-order valence-corrected chi connectivity index (χ0v) is 33.8. The summed E-state index contributed by atoms with van der Waals surface area (Å²) in [6.07, 6.45) is 10.8. The van der Waals surface area contributed by atoms with E-state index in [2.05, 4.69) is 22.8 Å². The van der Waals surface area contributed by atoms with Crippen LogP contribution in [0.3, 0.4) is 0 Å². The lowest BCUT2D eigenvalue weighted by atomic mass is 9.79. The number of cyclic esters (lactones) is 1. The van der Waals surface area contributed by atoms with Gasteiger partial charge in [-0.3, -0.25) is 9.59 Å². The van der Waals surface area contributed by atoms with Gasteiger partial charge in [-0.25, -0.2) is 0 Å². The lowest BCUT2D eigenvalue weighted by Crippen LogP contribution is -2.60. The zero-order valence-electron chi connectivity index (χ0n) is 33.8. The maximum absolute atomic E-state index is 13.8. The highest BCUT2D eigenvalue weighted by atomic mass is 16.7. The number of allylic oxidation sites excluding steroid dienone is 3. The van der Waals surface area contributed by atoms with Crippen molar-refractivity contribution in [1.82, 2.24) is 14.7 Å². The molecule has 12 unspecified atom stereocenters. The number of piperidine rings is 2. The summed E-state index contributed by atoms with van der Waals surface area (Å²) in [7, 11) is 3.92. The lowest BCUT2D eigenvalue weighted by molar-refractivity contribution is -0.295. The van der Waals surface area contributed by atoms with Gasteiger partial charge in [0.15, 0.2) is 12.1 Å². The van der Waals surface area contributed by atoms with Crippen molar-refractivity contribution >= 4 is 11.8 Å². The molecule has 4 aliphatic rings. The van der Waals surface area contributed by atoms with E-state index in [-0.39, 0.29) is 54.1 Å². The van der Waals surface area contributed by atoms with E-state index in [1.165, 1.54) is 38.5 Å². The Balaban J connectivity index is 1.68. The topological polar surface area (TPSA) is 112 Å². The summed E-state index contributed by atoms with van der Waals surface area (Å²) in [6, 6.07) is -0.187. The van der Waals surface area contributed by atoms with Crippen LogP contribution in [0.1, 0.15) is 106 Å². The molecule has 0 radical (unpaired) electrons. The third kappa shape index (κ3) is 12.2. The average Bonchev–Trinajstić information content (AvgIpc) is 3.12. The number of nitrogens with zero attached hydrogens (tertiary/aromatic N) is 3. The number of likely N-dealkylation sites (N-methyl/N-ethyl adjacent to an activating group) is 1. The number of esters is 1. The van der Waals surface area contributed by atoms with Gasteiger partial charge in [-0.1, -0.05) is 58.3 Å². The molecule has 0 amide bonds. The van der Waals surface area contributed by atoms with Crippen molar-refractivity contribution < 1.29 is 34.0 Å². The zero-order chi connectivity index (χ0) is 37.9. The van der Waals surface area contributed by atoms with Gasteiger partial charge in [0.1, 0.15) is 12.2 Å². The molecule has 4 aliphatic heterocycles. The largest absolute Gasteiger partial charge is 0.462 e. The molecule has 12 atom stereocenters. The predicted molar refractivity (Wildman–Crippen MR) is 206 cm³/mol. The Morgan fingerprint density at radius 2 is 1.54 bits per heavy atom. The number of carbonyl (C=O) groups is 2. The van der Waals surface area contributed by atoms with E-state index >= 15 is 0 Å². The first kappa shape index (κ1) is 43.1. The number of rotatable bonds is 9. The molecule has 10 heteroatoms. The highest BCUT2D eigenvalue weighted by molar-refractivity contribution is 5.91. The maximum Gasteiger partial charge on any atom is 0.308 e. The van der Waals surface area contributed by atoms with Gasteiger partial charge >= 0.3 is 5.97 Å². The SMILES string of the molecule is CCC1OC(=O)CC(O)C(C)C(OC2OC(C)C(C)C(N(C)C)C2O)C(CCN2CCCCC2)CC(C)C(=O)/C=C/C(C)=C/C1CN1CCCCC1. The van der Waals surface area contributed by atoms with Crippen LogP contribution in [0.15, 0.2) is 23.8 Å². The third-order valence-corrected chi connectivity index (χ3v) is 12.6. The molecule has 0 aromatic carbocycles. The number of ether oxygens (including phenoxy) is 3. The molecule has 298 valence electrons. The van der Waals surface area contributed by atoms with Gasteiger partial charge in [0, 0.05) is 36.3 Å². The second-order valence-corrected chi connectivity index (χ2v) is 16.9. The van der Waals surface area contributed by atoms with Crippen LogP contribution in [0.2, 0.25) is 0 Å². The standard InChI is InChI=1S/C42H73N3O7/c1-9-37-34(27-45-21-14-11-15-22-45)24-28(2)16-17-35(46)29(3)25-33(18-23-44-19-12-10-13-20-44)41(31(5)36(47)26-38(48)51-37)52-42-40(49)39(43(7)8)30(4)32(6)50-42/h16-17,24,29-34,36-37,39-42,47,49H,9-15,18-23,25-27H2,1-8H3/b17-16+,28-24+. The van der Waals surface area contributed by atoms with Gasteiger partial charge < -0.3 is 39.1 Å². The Hall–Kier alpha value is -1.66. The number of hydrogen-bond donors (Lipinski definition) is 2. The predicted octanol–water partition coefficient (Wildman–Crippen LogP) is 5.46. The molecule has 0 saturated carbocycles. The molecule has 0 aromatic rings. The summed E-state index contributed by atoms with van der Waals surface area (Å²) < 4.78 is 19.5. The first-order valence-electron chi connectivity index (χ1n) is 20.7. The number of hydrogen-bond acceptors (Lipinski definition) is 10. The van der Waals surface area contributed by atoms with Crippen LogP contribution in [0, 0.1) is 29.6 Å². The number of aliphatic hydroxyl groups excluding tert-OH is 2. The molecular formula is C42H73N3O7. The Bertz CT molecular complexity index is 1170. The second kappa shape index (κ2) is 20.9. The van der Waals surface area contributed by atoms with E-state index in [1.54, 1.807) is 6.08 Å². The third-order valence-electron chi connectivity index (χ3n) is 12.6. The van der Waals surface area contributed by atoms with Crippen LogP contribution in [0.5, 0.6) is 0 Å². The molecule has 10 nitrogen and oxygen atoms in total. The summed E-state index contributed by atoms with van der Waals surface area (Å²) in [5.74, 6) is -1.26. The van der Waals surface area contributed by atoms with Gasteiger partial charge in [-0.05, 0) is 118 Å². The van der Waals surface area contributed by atoms with E-state index in [9.17, 15) is 19.8 Å². The fraction of sp³-hybridized carbons (Fsp3) is 0.857. The molecule has 0 spiro atoms. The van der Waals surface area contributed by atoms with Crippen LogP contribution in [0.4, 0.5) is 0 Å². The van der Waals surface area contributed by atoms with Crippen LogP contribution < -0.4 is 0 Å². The van der Waals surface area contributed by atoms with E-state index in [1.807, 2.05) is 59.7 Å². The van der Waals surface area contributed by atoms with Gasteiger partial charge in [-0.2, -0.15) is 0 Å². The fourth-order valence-corrected chi connectivity index (χ4v) is 9.15. The molecule has 2 N–H and O–H groups in total. The molecule has 0 aliphatic carbocycles. The van der Waals surface area contributed by atoms with Crippen LogP contribution in [-0.4, -0.2) is 133 Å². The summed E-state index contributed by atoms with van der Waals surface area (Å²) in [6.45, 7) is 17.9. The molecular weight excluding hydrogens is 658 g/mol. The first-order chi connectivity index (χ1) is 24.8. The first-order valence-corrected chi connectivity index (χ1v) is 20.7. The molecule has 0 aromatic heterocycles. The number of aliphatic hydroxyl groups is 2. The quantitative estimate of drug-likeness (QED) is 0.297. The maximum atomic E-state index is 13.8. The molecule has 4 rings (SSSR count). The Morgan fingerprint density at radius 1 is 0.904 bits per heavy atom. The van der Waals surface area contributed by atoms with Crippen molar-refractivity contribution in [1.29, 1.82) is 0 Å². The van der Waals surface area contributed by atoms with Crippen molar-refractivity contribution in [2.75, 3.05) is 53.4 Å². The summed E-state index contributed by atoms with van der Waals surface area (Å²) in [5, 5.41) is 23.5. The minimum atomic E-state index is -1.05. The van der Waals surface area contributed by atoms with E-state index in [4.69, 9.17) is 14.2 Å². The van der Waals surface area contributed by atoms with Gasteiger partial charge in [-0.15, -0.1) is 0 Å². The van der Waals surface area contributed by atoms with E-state index in [0.717, 1.165) is 51.3 Å². The average molecular weight is 732 g/mol. The number of ketones is 1. The highest BCUT2D eigenvalue weighted by Gasteiger charge is 2.46. The van der Waals surface area contributed by atoms with Crippen molar-refractivity contribution in [3.05, 3.63) is 23.8 Å². The molecule has 3 fully saturated rings. The summed E-state index contributed by atoms with van der Waals surface area (Å²) >= 11 is 0. The smallest absolute Gasteiger partial charge is 0.308 e. The van der Waals surface area contributed by atoms with E-state index in [0.29, 0.717) is 12.8 Å². The minimum Gasteiger partial charge on any atom is -0.462 e. The summed E-state index contributed by atoms with van der Waals surface area (Å²) in [4.78, 5) is 34.4. The second-order valence-electron chi connectivity index (χ2n) is 16.9. The summed E-state index contributed by atoms with van der Waals surface area (Å²) in [5.41, 5.74) is 0.975. The van der Waals surface area contributed by atoms with Crippen molar-refractivity contribution in [3.8, 4) is 0 Å². The lowest BCUT2D eigenvalue weighted by Gasteiger charge is -2.47. The van der Waals surface area contributed by atoms with Crippen molar-refractivity contribution in [2.24, 2.45) is 29.6 Å². The van der Waals surface area contributed by atoms with Crippen LogP contribution >= 0.6 is 0 Å². The molecule has 4 heterocycles. The normalized spacial score (nSPS) is 40.2. The molecule has 0 bridgehead atoms. The fourth-order valence-electron chi connectivity index (χ4n) is 9.15. The Kier molecular flexibility index (Phi) is 17.3. The van der Waals surface area contributed by atoms with Crippen LogP contribution in [-0.2, 0) is 23.8 Å². The highest BCUT2D eigenvalue weighted by Crippen LogP contribution is 2.36. The number of likely N-dealkylation sites (tertiary alicyclic amines) is 2. The Labute approximate surface area is 315 Å². The van der Waals surface area contributed by atoms with Gasteiger partial charge in [0.2, 0.25) is 0 Å². The van der Waals surface area contributed by atoms with E-state index < -0.39 is 36.5 Å². The number of carbonyl (C=O) groups excluding carboxylic acids is 2. The van der Waals surface area contributed by atoms with Crippen molar-refractivity contribution in [3.63, 3.8) is 0 Å². The Morgan fingerprint density at radius 3 is 2.15 bits per heavy atom. The van der Waals surface area contributed by atoms with Crippen LogP contribution in [0.25, 0.3) is 0 Å². The molecule has 3 saturated heterocycles. The van der Waals surface area contributed by atoms with Gasteiger partial charge in [0.25, 0.3) is 0 Å². The van der Waals surface area contributed by atoms with Gasteiger partial charge in [0.05, 0.1) is 24.7 Å². The monoisotopic (exact) mass is 732 g/mol.